The fourth-order valence-electron chi connectivity index (χ4n) is 1.72. The van der Waals surface area contributed by atoms with Crippen LogP contribution < -0.4 is 5.32 Å². The summed E-state index contributed by atoms with van der Waals surface area (Å²) < 4.78 is 1.98. The van der Waals surface area contributed by atoms with E-state index in [1.165, 1.54) is 0 Å². The van der Waals surface area contributed by atoms with Gasteiger partial charge in [-0.2, -0.15) is 0 Å². The third-order valence-electron chi connectivity index (χ3n) is 2.71. The summed E-state index contributed by atoms with van der Waals surface area (Å²) >= 11 is 6.01. The zero-order valence-electron chi connectivity index (χ0n) is 9.96. The molecular weight excluding hydrogens is 250 g/mol. The second-order valence-corrected chi connectivity index (χ2v) is 4.45. The van der Waals surface area contributed by atoms with E-state index >= 15 is 0 Å². The second-order valence-electron chi connectivity index (χ2n) is 4.04. The molecule has 0 aliphatic carbocycles. The van der Waals surface area contributed by atoms with Gasteiger partial charge in [0.05, 0.1) is 12.4 Å². The van der Waals surface area contributed by atoms with Gasteiger partial charge in [-0.3, -0.25) is 0 Å². The van der Waals surface area contributed by atoms with Crippen LogP contribution in [0.3, 0.4) is 0 Å². The predicted octanol–water partition coefficient (Wildman–Crippen LogP) is 1.86. The van der Waals surface area contributed by atoms with Crippen molar-refractivity contribution in [2.45, 2.75) is 12.6 Å². The Morgan fingerprint density at radius 3 is 2.94 bits per heavy atom. The van der Waals surface area contributed by atoms with Crippen molar-refractivity contribution in [3.63, 3.8) is 0 Å². The molecule has 1 aromatic heterocycles. The Labute approximate surface area is 111 Å². The van der Waals surface area contributed by atoms with E-state index in [0.717, 1.165) is 18.7 Å². The van der Waals surface area contributed by atoms with E-state index in [4.69, 9.17) is 11.6 Å². The molecule has 96 valence electrons. The highest BCUT2D eigenvalue weighted by atomic mass is 35.5. The first kappa shape index (κ1) is 13.1. The number of halogens is 1. The van der Waals surface area contributed by atoms with Crippen molar-refractivity contribution in [2.24, 2.45) is 0 Å². The molecule has 2 aromatic rings. The van der Waals surface area contributed by atoms with Crippen LogP contribution in [0.1, 0.15) is 11.7 Å². The Kier molecular flexibility index (Phi) is 4.75. The van der Waals surface area contributed by atoms with Crippen LogP contribution in [0.25, 0.3) is 0 Å². The first-order valence-electron chi connectivity index (χ1n) is 5.86. The molecule has 0 amide bonds. The number of imidazole rings is 1. The summed E-state index contributed by atoms with van der Waals surface area (Å²) in [5.41, 5.74) is 0.759. The van der Waals surface area contributed by atoms with Crippen LogP contribution in [0.4, 0.5) is 0 Å². The van der Waals surface area contributed by atoms with Gasteiger partial charge in [-0.15, -0.1) is 0 Å². The molecule has 4 nitrogen and oxygen atoms in total. The van der Waals surface area contributed by atoms with Crippen LogP contribution in [-0.4, -0.2) is 27.7 Å². The average Bonchev–Trinajstić information content (AvgIpc) is 2.88. The molecule has 5 heteroatoms. The SMILES string of the molecule is OC(CNCCn1ccnc1)c1ccccc1Cl. The highest BCUT2D eigenvalue weighted by Crippen LogP contribution is 2.21. The van der Waals surface area contributed by atoms with E-state index in [0.29, 0.717) is 11.6 Å². The van der Waals surface area contributed by atoms with Crippen molar-refractivity contribution in [2.75, 3.05) is 13.1 Å². The highest BCUT2D eigenvalue weighted by Gasteiger charge is 2.09. The Balaban J connectivity index is 1.75. The fraction of sp³-hybridized carbons (Fsp3) is 0.308. The Morgan fingerprint density at radius 2 is 2.22 bits per heavy atom. The van der Waals surface area contributed by atoms with Crippen molar-refractivity contribution < 1.29 is 5.11 Å². The van der Waals surface area contributed by atoms with Crippen LogP contribution in [0, 0.1) is 0 Å². The molecule has 0 saturated carbocycles. The van der Waals surface area contributed by atoms with Gasteiger partial charge in [-0.1, -0.05) is 29.8 Å². The lowest BCUT2D eigenvalue weighted by Gasteiger charge is -2.13. The quantitative estimate of drug-likeness (QED) is 0.784. The average molecular weight is 266 g/mol. The van der Waals surface area contributed by atoms with Gasteiger partial charge in [0.1, 0.15) is 0 Å². The minimum Gasteiger partial charge on any atom is -0.387 e. The molecule has 0 aliphatic rings. The summed E-state index contributed by atoms with van der Waals surface area (Å²) in [6.07, 6.45) is 4.85. The van der Waals surface area contributed by atoms with Gasteiger partial charge < -0.3 is 15.0 Å². The minimum absolute atomic E-state index is 0.485. The third kappa shape index (κ3) is 3.57. The van der Waals surface area contributed by atoms with Gasteiger partial charge in [-0.25, -0.2) is 4.98 Å². The lowest BCUT2D eigenvalue weighted by atomic mass is 10.1. The molecule has 1 aromatic carbocycles. The number of nitrogens with zero attached hydrogens (tertiary/aromatic N) is 2. The summed E-state index contributed by atoms with van der Waals surface area (Å²) in [4.78, 5) is 3.96. The molecule has 0 saturated heterocycles. The fourth-order valence-corrected chi connectivity index (χ4v) is 1.98. The van der Waals surface area contributed by atoms with Gasteiger partial charge in [0, 0.05) is 42.6 Å². The first-order valence-corrected chi connectivity index (χ1v) is 6.24. The number of aliphatic hydroxyl groups excluding tert-OH is 1. The molecule has 0 radical (unpaired) electrons. The molecule has 1 unspecified atom stereocenters. The largest absolute Gasteiger partial charge is 0.387 e. The van der Waals surface area contributed by atoms with Crippen molar-refractivity contribution in [3.05, 3.63) is 53.6 Å². The van der Waals surface area contributed by atoms with Crippen LogP contribution in [0.2, 0.25) is 5.02 Å². The van der Waals surface area contributed by atoms with Gasteiger partial charge in [0.15, 0.2) is 0 Å². The van der Waals surface area contributed by atoms with Crippen LogP contribution in [0.15, 0.2) is 43.0 Å². The maximum absolute atomic E-state index is 9.99. The van der Waals surface area contributed by atoms with Crippen molar-refractivity contribution in [1.29, 1.82) is 0 Å². The van der Waals surface area contributed by atoms with E-state index in [9.17, 15) is 5.11 Å². The number of nitrogens with one attached hydrogen (secondary N) is 1. The number of aliphatic hydroxyl groups is 1. The normalized spacial score (nSPS) is 12.6. The second kappa shape index (κ2) is 6.54. The number of rotatable bonds is 6. The maximum Gasteiger partial charge on any atom is 0.0946 e. The topological polar surface area (TPSA) is 50.1 Å². The molecule has 1 heterocycles. The van der Waals surface area contributed by atoms with Crippen molar-refractivity contribution >= 4 is 11.6 Å². The highest BCUT2D eigenvalue weighted by molar-refractivity contribution is 6.31. The lowest BCUT2D eigenvalue weighted by Crippen LogP contribution is -2.25. The standard InChI is InChI=1S/C13H16ClN3O/c14-12-4-2-1-3-11(12)13(18)9-15-5-7-17-8-6-16-10-17/h1-4,6,8,10,13,15,18H,5,7,9H2. The zero-order chi connectivity index (χ0) is 12.8. The summed E-state index contributed by atoms with van der Waals surface area (Å²) in [6, 6.07) is 7.34. The van der Waals surface area contributed by atoms with E-state index in [1.54, 1.807) is 18.6 Å². The van der Waals surface area contributed by atoms with E-state index < -0.39 is 6.10 Å². The van der Waals surface area contributed by atoms with Gasteiger partial charge in [0.25, 0.3) is 0 Å². The molecular formula is C13H16ClN3O. The lowest BCUT2D eigenvalue weighted by molar-refractivity contribution is 0.174. The van der Waals surface area contributed by atoms with E-state index in [-0.39, 0.29) is 0 Å². The van der Waals surface area contributed by atoms with Crippen molar-refractivity contribution in [1.82, 2.24) is 14.9 Å². The Hall–Kier alpha value is -1.36. The number of benzene rings is 1. The molecule has 2 rings (SSSR count). The first-order chi connectivity index (χ1) is 8.77. The zero-order valence-corrected chi connectivity index (χ0v) is 10.7. The van der Waals surface area contributed by atoms with Crippen LogP contribution in [0.5, 0.6) is 0 Å². The molecule has 18 heavy (non-hydrogen) atoms. The van der Waals surface area contributed by atoms with Gasteiger partial charge >= 0.3 is 0 Å². The maximum atomic E-state index is 9.99. The van der Waals surface area contributed by atoms with Crippen LogP contribution in [-0.2, 0) is 6.54 Å². The summed E-state index contributed by atoms with van der Waals surface area (Å²) in [5.74, 6) is 0. The van der Waals surface area contributed by atoms with Crippen molar-refractivity contribution in [3.8, 4) is 0 Å². The van der Waals surface area contributed by atoms with Gasteiger partial charge in [-0.05, 0) is 6.07 Å². The summed E-state index contributed by atoms with van der Waals surface area (Å²) in [5, 5.41) is 13.8. The van der Waals surface area contributed by atoms with Gasteiger partial charge in [0.2, 0.25) is 0 Å². The van der Waals surface area contributed by atoms with E-state index in [1.807, 2.05) is 29.0 Å². The Bertz CT molecular complexity index is 473. The summed E-state index contributed by atoms with van der Waals surface area (Å²) in [7, 11) is 0. The molecule has 1 atom stereocenters. The molecule has 0 aliphatic heterocycles. The van der Waals surface area contributed by atoms with E-state index in [2.05, 4.69) is 10.3 Å². The number of hydrogen-bond acceptors (Lipinski definition) is 3. The number of aromatic nitrogens is 2. The predicted molar refractivity (Wildman–Crippen MR) is 71.5 cm³/mol. The summed E-state index contributed by atoms with van der Waals surface area (Å²) in [6.45, 7) is 2.09. The molecule has 0 spiro atoms. The molecule has 0 bridgehead atoms. The van der Waals surface area contributed by atoms with Crippen LogP contribution >= 0.6 is 11.6 Å². The minimum atomic E-state index is -0.582. The third-order valence-corrected chi connectivity index (χ3v) is 3.05. The number of hydrogen-bond donors (Lipinski definition) is 2. The smallest absolute Gasteiger partial charge is 0.0946 e. The molecule has 0 fully saturated rings. The monoisotopic (exact) mass is 265 g/mol. The molecule has 2 N–H and O–H groups in total. The Morgan fingerprint density at radius 1 is 1.39 bits per heavy atom.